The first-order valence-corrected chi connectivity index (χ1v) is 8.94. The normalized spacial score (nSPS) is 10.3. The molecule has 1 N–H and O–H groups in total. The van der Waals surface area contributed by atoms with Crippen LogP contribution in [-0.4, -0.2) is 30.6 Å². The first-order chi connectivity index (χ1) is 11.1. The Morgan fingerprint density at radius 1 is 1.21 bits per heavy atom. The maximum absolute atomic E-state index is 12.5. The van der Waals surface area contributed by atoms with Gasteiger partial charge in [0.25, 0.3) is 0 Å². The number of carbonyl (C=O) groups excluding carboxylic acids is 1. The molecule has 2 aromatic rings. The molecular formula is C18H25BrN2O2S. The van der Waals surface area contributed by atoms with Crippen molar-refractivity contribution < 1.29 is 31.4 Å². The highest BCUT2D eigenvalue weighted by atomic mass is 79.9. The summed E-state index contributed by atoms with van der Waals surface area (Å²) in [6.07, 6.45) is 0.649. The van der Waals surface area contributed by atoms with E-state index in [1.54, 1.807) is 11.3 Å². The number of benzene rings is 1. The molecule has 0 fully saturated rings. The van der Waals surface area contributed by atoms with E-state index in [9.17, 15) is 4.79 Å². The predicted octanol–water partition coefficient (Wildman–Crippen LogP) is -0.388. The second-order valence-corrected chi connectivity index (χ2v) is 6.42. The van der Waals surface area contributed by atoms with Crippen molar-refractivity contribution in [1.29, 1.82) is 0 Å². The SMILES string of the molecule is CCN(CC)c1ccc(C(=O)C[n+]2csc(CCO)c2C)cc1.[Br-]. The molecule has 0 unspecified atom stereocenters. The van der Waals surface area contributed by atoms with Crippen molar-refractivity contribution in [3.8, 4) is 0 Å². The van der Waals surface area contributed by atoms with Gasteiger partial charge in [-0.1, -0.05) is 11.3 Å². The predicted molar refractivity (Wildman–Crippen MR) is 94.4 cm³/mol. The summed E-state index contributed by atoms with van der Waals surface area (Å²) in [6, 6.07) is 7.85. The third-order valence-corrected chi connectivity index (χ3v) is 5.27. The first kappa shape index (κ1) is 20.8. The van der Waals surface area contributed by atoms with Gasteiger partial charge in [0.15, 0.2) is 5.69 Å². The summed E-state index contributed by atoms with van der Waals surface area (Å²) in [4.78, 5) is 15.9. The lowest BCUT2D eigenvalue weighted by Gasteiger charge is -2.20. The fraction of sp³-hybridized carbons (Fsp3) is 0.444. The number of carbonyl (C=O) groups is 1. The van der Waals surface area contributed by atoms with Gasteiger partial charge in [-0.05, 0) is 38.1 Å². The van der Waals surface area contributed by atoms with Gasteiger partial charge >= 0.3 is 0 Å². The zero-order valence-electron chi connectivity index (χ0n) is 14.5. The molecule has 0 amide bonds. The van der Waals surface area contributed by atoms with E-state index < -0.39 is 0 Å². The second kappa shape index (κ2) is 9.91. The molecule has 0 aliphatic carbocycles. The highest BCUT2D eigenvalue weighted by Crippen LogP contribution is 2.16. The van der Waals surface area contributed by atoms with Crippen molar-refractivity contribution in [2.75, 3.05) is 24.6 Å². The van der Waals surface area contributed by atoms with Gasteiger partial charge in [-0.2, -0.15) is 4.57 Å². The van der Waals surface area contributed by atoms with Crippen molar-refractivity contribution in [1.82, 2.24) is 0 Å². The van der Waals surface area contributed by atoms with Crippen LogP contribution in [0.25, 0.3) is 0 Å². The van der Waals surface area contributed by atoms with Crippen LogP contribution in [0.15, 0.2) is 29.8 Å². The van der Waals surface area contributed by atoms with Crippen LogP contribution in [0.3, 0.4) is 0 Å². The molecular weight excluding hydrogens is 388 g/mol. The molecule has 0 spiro atoms. The maximum atomic E-state index is 12.5. The van der Waals surface area contributed by atoms with Gasteiger partial charge in [0.2, 0.25) is 17.8 Å². The Hall–Kier alpha value is -1.24. The summed E-state index contributed by atoms with van der Waals surface area (Å²) in [5, 5.41) is 9.05. The van der Waals surface area contributed by atoms with Crippen molar-refractivity contribution in [3.63, 3.8) is 0 Å². The summed E-state index contributed by atoms with van der Waals surface area (Å²) in [5.74, 6) is 0.109. The first-order valence-electron chi connectivity index (χ1n) is 8.06. The molecule has 0 atom stereocenters. The van der Waals surface area contributed by atoms with Crippen LogP contribution >= 0.6 is 11.3 Å². The highest BCUT2D eigenvalue weighted by molar-refractivity contribution is 7.09. The van der Waals surface area contributed by atoms with E-state index in [-0.39, 0.29) is 29.4 Å². The fourth-order valence-corrected chi connectivity index (χ4v) is 3.63. The molecule has 0 aliphatic heterocycles. The number of aliphatic hydroxyl groups excluding tert-OH is 1. The molecule has 0 bridgehead atoms. The Balaban J connectivity index is 0.00000288. The van der Waals surface area contributed by atoms with Gasteiger partial charge in [-0.25, -0.2) is 0 Å². The molecule has 1 aromatic carbocycles. The molecule has 0 aliphatic rings. The third-order valence-electron chi connectivity index (χ3n) is 4.13. The number of Topliss-reactive ketones (excluding diaryl/α,β-unsaturated/α-hetero) is 1. The zero-order chi connectivity index (χ0) is 16.8. The van der Waals surface area contributed by atoms with Crippen LogP contribution in [0, 0.1) is 6.92 Å². The van der Waals surface area contributed by atoms with Gasteiger partial charge in [0.1, 0.15) is 0 Å². The number of aliphatic hydroxyl groups is 1. The summed E-state index contributed by atoms with van der Waals surface area (Å²) < 4.78 is 1.97. The number of nitrogens with zero attached hydrogens (tertiary/aromatic N) is 2. The Kier molecular flexibility index (Phi) is 8.59. The molecule has 2 rings (SSSR count). The van der Waals surface area contributed by atoms with E-state index >= 15 is 0 Å². The molecule has 132 valence electrons. The van der Waals surface area contributed by atoms with E-state index in [1.165, 1.54) is 0 Å². The van der Waals surface area contributed by atoms with E-state index in [2.05, 4.69) is 18.7 Å². The zero-order valence-corrected chi connectivity index (χ0v) is 16.9. The molecule has 1 aromatic heterocycles. The second-order valence-electron chi connectivity index (χ2n) is 5.48. The van der Waals surface area contributed by atoms with Crippen molar-refractivity contribution in [3.05, 3.63) is 45.9 Å². The standard InChI is InChI=1S/C18H25N2O2S.BrH/c1-4-19(5-2)16-8-6-15(7-9-16)17(22)12-20-13-23-18(10-11-21)14(20)3;/h6-9,13,21H,4-5,10-12H2,1-3H3;1H/q+1;/p-1. The van der Waals surface area contributed by atoms with Crippen molar-refractivity contribution in [2.45, 2.75) is 33.7 Å². The van der Waals surface area contributed by atoms with E-state index in [0.717, 1.165) is 34.9 Å². The summed E-state index contributed by atoms with van der Waals surface area (Å²) in [5.41, 5.74) is 4.92. The van der Waals surface area contributed by atoms with Gasteiger partial charge in [0.05, 0.1) is 4.88 Å². The average Bonchev–Trinajstić information content (AvgIpc) is 2.90. The Morgan fingerprint density at radius 3 is 2.38 bits per heavy atom. The van der Waals surface area contributed by atoms with Gasteiger partial charge in [0, 0.05) is 44.3 Å². The fourth-order valence-electron chi connectivity index (χ4n) is 2.64. The Bertz CT molecular complexity index is 652. The minimum absolute atomic E-state index is 0. The summed E-state index contributed by atoms with van der Waals surface area (Å²) in [6.45, 7) is 8.66. The average molecular weight is 413 g/mol. The summed E-state index contributed by atoms with van der Waals surface area (Å²) >= 11 is 1.59. The van der Waals surface area contributed by atoms with Gasteiger partial charge in [-0.3, -0.25) is 4.79 Å². The molecule has 6 heteroatoms. The number of hydrogen-bond acceptors (Lipinski definition) is 4. The molecule has 0 saturated carbocycles. The minimum atomic E-state index is 0. The largest absolute Gasteiger partial charge is 1.00 e. The minimum Gasteiger partial charge on any atom is -1.00 e. The van der Waals surface area contributed by atoms with E-state index in [0.29, 0.717) is 13.0 Å². The van der Waals surface area contributed by atoms with E-state index in [4.69, 9.17) is 5.11 Å². The van der Waals surface area contributed by atoms with E-state index in [1.807, 2.05) is 41.3 Å². The lowest BCUT2D eigenvalue weighted by atomic mass is 10.1. The summed E-state index contributed by atoms with van der Waals surface area (Å²) in [7, 11) is 0. The monoisotopic (exact) mass is 412 g/mol. The number of ketones is 1. The van der Waals surface area contributed by atoms with Crippen LogP contribution in [-0.2, 0) is 13.0 Å². The molecule has 0 radical (unpaired) electrons. The molecule has 24 heavy (non-hydrogen) atoms. The maximum Gasteiger partial charge on any atom is 0.227 e. The number of rotatable bonds is 8. The topological polar surface area (TPSA) is 44.4 Å². The number of aromatic nitrogens is 1. The Morgan fingerprint density at radius 2 is 1.83 bits per heavy atom. The van der Waals surface area contributed by atoms with Crippen LogP contribution in [0.1, 0.15) is 34.8 Å². The smallest absolute Gasteiger partial charge is 0.227 e. The number of anilines is 1. The lowest BCUT2D eigenvalue weighted by Crippen LogP contribution is -3.00. The Labute approximate surface area is 158 Å². The number of thiazole rings is 1. The van der Waals surface area contributed by atoms with Gasteiger partial charge in [-0.15, -0.1) is 0 Å². The highest BCUT2D eigenvalue weighted by Gasteiger charge is 2.19. The quantitative estimate of drug-likeness (QED) is 0.474. The van der Waals surface area contributed by atoms with Crippen LogP contribution in [0.4, 0.5) is 5.69 Å². The van der Waals surface area contributed by atoms with Crippen LogP contribution < -0.4 is 26.4 Å². The third kappa shape index (κ3) is 4.88. The number of halogens is 1. The van der Waals surface area contributed by atoms with Crippen molar-refractivity contribution in [2.24, 2.45) is 0 Å². The van der Waals surface area contributed by atoms with Crippen molar-refractivity contribution >= 4 is 22.8 Å². The molecule has 0 saturated heterocycles. The lowest BCUT2D eigenvalue weighted by molar-refractivity contribution is -0.684. The van der Waals surface area contributed by atoms with Crippen LogP contribution in [0.2, 0.25) is 0 Å². The van der Waals surface area contributed by atoms with Gasteiger partial charge < -0.3 is 27.0 Å². The molecule has 4 nitrogen and oxygen atoms in total. The van der Waals surface area contributed by atoms with Crippen LogP contribution in [0.5, 0.6) is 0 Å². The number of hydrogen-bond donors (Lipinski definition) is 1. The molecule has 1 heterocycles.